The molecule has 0 heterocycles. The second-order valence-corrected chi connectivity index (χ2v) is 7.61. The Kier molecular flexibility index (Phi) is 4.43. The summed E-state index contributed by atoms with van der Waals surface area (Å²) in [6.45, 7) is 8.87. The Balaban J connectivity index is 1.82. The maximum Gasteiger partial charge on any atom is 0.251 e. The molecule has 0 unspecified atom stereocenters. The van der Waals surface area contributed by atoms with Gasteiger partial charge in [-0.15, -0.1) is 0 Å². The second kappa shape index (κ2) is 5.80. The van der Waals surface area contributed by atoms with Crippen LogP contribution in [0.1, 0.15) is 56.5 Å². The first-order valence-corrected chi connectivity index (χ1v) is 7.77. The largest absolute Gasteiger partial charge is 0.390 e. The average Bonchev–Trinajstić information content (AvgIpc) is 3.01. The number of aliphatic hydroxyl groups is 1. The van der Waals surface area contributed by atoms with E-state index >= 15 is 0 Å². The van der Waals surface area contributed by atoms with E-state index in [0.717, 1.165) is 24.9 Å². The number of carbonyl (C=O) groups is 1. The van der Waals surface area contributed by atoms with Crippen LogP contribution in [0.25, 0.3) is 0 Å². The predicted molar refractivity (Wildman–Crippen MR) is 85.3 cm³/mol. The molecule has 116 valence electrons. The average molecular weight is 289 g/mol. The highest BCUT2D eigenvalue weighted by Crippen LogP contribution is 2.50. The highest BCUT2D eigenvalue weighted by molar-refractivity contribution is 5.94. The van der Waals surface area contributed by atoms with Gasteiger partial charge in [0, 0.05) is 12.1 Å². The van der Waals surface area contributed by atoms with Gasteiger partial charge in [-0.1, -0.05) is 26.0 Å². The molecule has 1 aliphatic rings. The minimum Gasteiger partial charge on any atom is -0.390 e. The van der Waals surface area contributed by atoms with Crippen molar-refractivity contribution in [3.63, 3.8) is 0 Å². The molecule has 0 aliphatic heterocycles. The smallest absolute Gasteiger partial charge is 0.251 e. The summed E-state index contributed by atoms with van der Waals surface area (Å²) in [7, 11) is 0. The summed E-state index contributed by atoms with van der Waals surface area (Å²) in [5.74, 6) is 0.624. The van der Waals surface area contributed by atoms with Crippen LogP contribution in [0, 0.1) is 11.3 Å². The van der Waals surface area contributed by atoms with E-state index < -0.39 is 5.60 Å². The molecule has 1 fully saturated rings. The number of hydrogen-bond donors (Lipinski definition) is 2. The van der Waals surface area contributed by atoms with Crippen molar-refractivity contribution in [1.29, 1.82) is 0 Å². The van der Waals surface area contributed by atoms with Gasteiger partial charge in [-0.25, -0.2) is 0 Å². The lowest BCUT2D eigenvalue weighted by atomic mass is 9.98. The van der Waals surface area contributed by atoms with E-state index in [0.29, 0.717) is 16.9 Å². The number of benzene rings is 1. The third-order valence-electron chi connectivity index (χ3n) is 4.47. The molecular weight excluding hydrogens is 262 g/mol. The Morgan fingerprint density at radius 3 is 2.38 bits per heavy atom. The quantitative estimate of drug-likeness (QED) is 0.845. The summed E-state index contributed by atoms with van der Waals surface area (Å²) in [4.78, 5) is 12.1. The number of aryl methyl sites for hydroxylation is 1. The van der Waals surface area contributed by atoms with E-state index in [2.05, 4.69) is 19.2 Å². The molecule has 1 aromatic carbocycles. The highest BCUT2D eigenvalue weighted by atomic mass is 16.3. The Morgan fingerprint density at radius 1 is 1.33 bits per heavy atom. The van der Waals surface area contributed by atoms with Crippen molar-refractivity contribution in [3.8, 4) is 0 Å². The van der Waals surface area contributed by atoms with Crippen LogP contribution in [0.3, 0.4) is 0 Å². The van der Waals surface area contributed by atoms with Gasteiger partial charge in [0.25, 0.3) is 5.91 Å². The molecule has 0 spiro atoms. The second-order valence-electron chi connectivity index (χ2n) is 7.61. The maximum absolute atomic E-state index is 12.1. The van der Waals surface area contributed by atoms with Crippen LogP contribution in [0.5, 0.6) is 0 Å². The van der Waals surface area contributed by atoms with Crippen molar-refractivity contribution in [2.24, 2.45) is 11.3 Å². The topological polar surface area (TPSA) is 49.3 Å². The zero-order valence-electron chi connectivity index (χ0n) is 13.6. The monoisotopic (exact) mass is 289 g/mol. The molecule has 1 atom stereocenters. The first-order chi connectivity index (χ1) is 9.67. The Hall–Kier alpha value is -1.35. The SMILES string of the molecule is CC(C)(O)CCc1ccc(C(=O)NC[C@@H]2CC2(C)C)cc1. The summed E-state index contributed by atoms with van der Waals surface area (Å²) in [5.41, 5.74) is 1.61. The molecule has 21 heavy (non-hydrogen) atoms. The fourth-order valence-corrected chi connectivity index (χ4v) is 2.52. The molecule has 0 bridgehead atoms. The highest BCUT2D eigenvalue weighted by Gasteiger charge is 2.45. The zero-order chi connectivity index (χ0) is 15.7. The number of hydrogen-bond acceptors (Lipinski definition) is 2. The molecule has 1 aliphatic carbocycles. The molecule has 3 heteroatoms. The summed E-state index contributed by atoms with van der Waals surface area (Å²) in [6, 6.07) is 7.68. The standard InChI is InChI=1S/C18H27NO2/c1-17(2)11-15(17)12-19-16(20)14-7-5-13(6-8-14)9-10-18(3,4)21/h5-8,15,21H,9-12H2,1-4H3,(H,19,20)/t15-/m0/s1. The van der Waals surface area contributed by atoms with E-state index in [1.165, 1.54) is 6.42 Å². The van der Waals surface area contributed by atoms with Gasteiger partial charge in [0.15, 0.2) is 0 Å². The maximum atomic E-state index is 12.1. The van der Waals surface area contributed by atoms with E-state index in [4.69, 9.17) is 0 Å². The fraction of sp³-hybridized carbons (Fsp3) is 0.611. The van der Waals surface area contributed by atoms with Crippen LogP contribution >= 0.6 is 0 Å². The van der Waals surface area contributed by atoms with Crippen molar-refractivity contribution in [3.05, 3.63) is 35.4 Å². The van der Waals surface area contributed by atoms with Gasteiger partial charge in [0.1, 0.15) is 0 Å². The third-order valence-corrected chi connectivity index (χ3v) is 4.47. The van der Waals surface area contributed by atoms with Crippen LogP contribution in [0.15, 0.2) is 24.3 Å². The van der Waals surface area contributed by atoms with Gasteiger partial charge in [-0.05, 0) is 62.1 Å². The van der Waals surface area contributed by atoms with Crippen molar-refractivity contribution in [2.45, 2.75) is 52.6 Å². The Bertz CT molecular complexity index is 497. The molecule has 2 N–H and O–H groups in total. The third kappa shape index (κ3) is 4.85. The van der Waals surface area contributed by atoms with Crippen molar-refractivity contribution < 1.29 is 9.90 Å². The molecule has 0 saturated heterocycles. The van der Waals surface area contributed by atoms with Crippen molar-refractivity contribution in [2.75, 3.05) is 6.54 Å². The van der Waals surface area contributed by atoms with Crippen molar-refractivity contribution in [1.82, 2.24) is 5.32 Å². The summed E-state index contributed by atoms with van der Waals surface area (Å²) >= 11 is 0. The predicted octanol–water partition coefficient (Wildman–Crippen LogP) is 3.17. The number of carbonyl (C=O) groups excluding carboxylic acids is 1. The van der Waals surface area contributed by atoms with Crippen LogP contribution in [-0.4, -0.2) is 23.2 Å². The minimum absolute atomic E-state index is 0.00624. The van der Waals surface area contributed by atoms with E-state index in [9.17, 15) is 9.90 Å². The lowest BCUT2D eigenvalue weighted by Crippen LogP contribution is -2.26. The van der Waals surface area contributed by atoms with Gasteiger partial charge in [0.05, 0.1) is 5.60 Å². The number of rotatable bonds is 6. The van der Waals surface area contributed by atoms with Gasteiger partial charge >= 0.3 is 0 Å². The van der Waals surface area contributed by atoms with E-state index in [1.807, 2.05) is 38.1 Å². The van der Waals surface area contributed by atoms with Crippen LogP contribution in [0.2, 0.25) is 0 Å². The molecule has 1 aromatic rings. The summed E-state index contributed by atoms with van der Waals surface area (Å²) in [6.07, 6.45) is 2.74. The van der Waals surface area contributed by atoms with Gasteiger partial charge in [0.2, 0.25) is 0 Å². The lowest BCUT2D eigenvalue weighted by Gasteiger charge is -2.16. The number of amides is 1. The molecule has 0 aromatic heterocycles. The summed E-state index contributed by atoms with van der Waals surface area (Å²) in [5, 5.41) is 12.7. The normalized spacial score (nSPS) is 20.1. The van der Waals surface area contributed by atoms with Crippen LogP contribution in [-0.2, 0) is 6.42 Å². The van der Waals surface area contributed by atoms with E-state index in [-0.39, 0.29) is 5.91 Å². The minimum atomic E-state index is -0.646. The van der Waals surface area contributed by atoms with Gasteiger partial charge in [-0.3, -0.25) is 4.79 Å². The first kappa shape index (κ1) is 16.0. The fourth-order valence-electron chi connectivity index (χ4n) is 2.52. The Morgan fingerprint density at radius 2 is 1.90 bits per heavy atom. The molecule has 0 radical (unpaired) electrons. The van der Waals surface area contributed by atoms with Crippen molar-refractivity contribution >= 4 is 5.91 Å². The zero-order valence-corrected chi connectivity index (χ0v) is 13.6. The molecule has 3 nitrogen and oxygen atoms in total. The van der Waals surface area contributed by atoms with Gasteiger partial charge in [-0.2, -0.15) is 0 Å². The molecule has 1 saturated carbocycles. The van der Waals surface area contributed by atoms with E-state index in [1.54, 1.807) is 0 Å². The van der Waals surface area contributed by atoms with Crippen LogP contribution in [0.4, 0.5) is 0 Å². The molecular formula is C18H27NO2. The number of nitrogens with one attached hydrogen (secondary N) is 1. The van der Waals surface area contributed by atoms with Crippen LogP contribution < -0.4 is 5.32 Å². The Labute approximate surface area is 127 Å². The van der Waals surface area contributed by atoms with Gasteiger partial charge < -0.3 is 10.4 Å². The molecule has 2 rings (SSSR count). The lowest BCUT2D eigenvalue weighted by molar-refractivity contribution is 0.0713. The first-order valence-electron chi connectivity index (χ1n) is 7.77. The molecule has 1 amide bonds. The summed E-state index contributed by atoms with van der Waals surface area (Å²) < 4.78 is 0.